The number of nitrogens with zero attached hydrogens (tertiary/aromatic N) is 1. The topological polar surface area (TPSA) is 34.0 Å². The Morgan fingerprint density at radius 2 is 2.26 bits per heavy atom. The first-order valence-electron chi connectivity index (χ1n) is 6.22. The van der Waals surface area contributed by atoms with Crippen molar-refractivity contribution in [1.29, 1.82) is 0 Å². The maximum Gasteiger partial charge on any atom is 0.267 e. The smallest absolute Gasteiger partial charge is 0.267 e. The third-order valence-electron chi connectivity index (χ3n) is 2.83. The number of halogens is 1. The molecule has 0 aliphatic carbocycles. The van der Waals surface area contributed by atoms with E-state index in [-0.39, 0.29) is 5.91 Å². The van der Waals surface area contributed by atoms with Gasteiger partial charge in [-0.3, -0.25) is 4.79 Å². The monoisotopic (exact) mass is 340 g/mol. The third kappa shape index (κ3) is 2.92. The summed E-state index contributed by atoms with van der Waals surface area (Å²) in [6, 6.07) is 1.97. The molecule has 19 heavy (non-hydrogen) atoms. The van der Waals surface area contributed by atoms with E-state index in [0.29, 0.717) is 13.1 Å². The van der Waals surface area contributed by atoms with E-state index in [2.05, 4.69) is 51.1 Å². The minimum atomic E-state index is -0.0139. The molecule has 0 radical (unpaired) electrons. The van der Waals surface area contributed by atoms with Crippen LogP contribution in [-0.4, -0.2) is 17.0 Å². The summed E-state index contributed by atoms with van der Waals surface area (Å²) < 4.78 is 4.24. The fourth-order valence-corrected chi connectivity index (χ4v) is 3.63. The van der Waals surface area contributed by atoms with Gasteiger partial charge in [-0.25, -0.2) is 0 Å². The number of allylic oxidation sites excluding steroid dienone is 2. The molecule has 0 aromatic carbocycles. The summed E-state index contributed by atoms with van der Waals surface area (Å²) in [6.07, 6.45) is 2.13. The molecule has 0 fully saturated rings. The fourth-order valence-electron chi connectivity index (χ4n) is 1.93. The number of carbonyl (C=O) groups is 1. The lowest BCUT2D eigenvalue weighted by Crippen LogP contribution is -2.25. The van der Waals surface area contributed by atoms with E-state index in [9.17, 15) is 4.79 Å². The standard InChI is InChI=1S/C14H17BrN2OS/c1-4-16-14(18)11-7-12-13(10(15)8-19-12)17(11)6-5-9(2)3/h5,7-8H,4,6H2,1-3H3,(H,16,18). The number of hydrogen-bond donors (Lipinski definition) is 1. The first-order valence-corrected chi connectivity index (χ1v) is 7.89. The van der Waals surface area contributed by atoms with Gasteiger partial charge in [0.25, 0.3) is 5.91 Å². The number of thiophene rings is 1. The highest BCUT2D eigenvalue weighted by atomic mass is 79.9. The second kappa shape index (κ2) is 5.92. The van der Waals surface area contributed by atoms with Crippen LogP contribution in [0.2, 0.25) is 0 Å². The fraction of sp³-hybridized carbons (Fsp3) is 0.357. The number of rotatable bonds is 4. The first kappa shape index (κ1) is 14.3. The SMILES string of the molecule is CCNC(=O)c1cc2scc(Br)c2n1CC=C(C)C. The minimum Gasteiger partial charge on any atom is -0.351 e. The van der Waals surface area contributed by atoms with Crippen LogP contribution in [-0.2, 0) is 6.54 Å². The molecule has 0 aliphatic rings. The molecule has 0 unspecified atom stereocenters. The van der Waals surface area contributed by atoms with Gasteiger partial charge in [0.05, 0.1) is 14.7 Å². The van der Waals surface area contributed by atoms with Crippen LogP contribution in [0.1, 0.15) is 31.3 Å². The van der Waals surface area contributed by atoms with Gasteiger partial charge in [0.2, 0.25) is 0 Å². The molecule has 0 spiro atoms. The van der Waals surface area contributed by atoms with Crippen molar-refractivity contribution in [2.75, 3.05) is 6.54 Å². The summed E-state index contributed by atoms with van der Waals surface area (Å²) in [5.41, 5.74) is 3.07. The zero-order valence-corrected chi connectivity index (χ0v) is 13.7. The largest absolute Gasteiger partial charge is 0.351 e. The summed E-state index contributed by atoms with van der Waals surface area (Å²) in [4.78, 5) is 12.1. The number of aromatic nitrogens is 1. The van der Waals surface area contributed by atoms with Crippen LogP contribution in [0.25, 0.3) is 10.2 Å². The lowest BCUT2D eigenvalue weighted by Gasteiger charge is -2.08. The minimum absolute atomic E-state index is 0.0139. The van der Waals surface area contributed by atoms with Crippen LogP contribution < -0.4 is 5.32 Å². The van der Waals surface area contributed by atoms with Crippen molar-refractivity contribution in [3.63, 3.8) is 0 Å². The second-order valence-corrected chi connectivity index (χ2v) is 6.34. The van der Waals surface area contributed by atoms with E-state index in [1.54, 1.807) is 11.3 Å². The van der Waals surface area contributed by atoms with Gasteiger partial charge in [-0.05, 0) is 42.8 Å². The first-order chi connectivity index (χ1) is 9.04. The molecule has 3 nitrogen and oxygen atoms in total. The molecule has 2 aromatic rings. The van der Waals surface area contributed by atoms with Crippen molar-refractivity contribution in [3.05, 3.63) is 33.3 Å². The Labute approximate surface area is 125 Å². The van der Waals surface area contributed by atoms with Crippen LogP contribution in [0.15, 0.2) is 27.6 Å². The average Bonchev–Trinajstić information content (AvgIpc) is 2.88. The summed E-state index contributed by atoms with van der Waals surface area (Å²) in [7, 11) is 0. The van der Waals surface area contributed by atoms with Gasteiger partial charge in [-0.2, -0.15) is 0 Å². The molecular formula is C14H17BrN2OS. The molecule has 2 heterocycles. The van der Waals surface area contributed by atoms with Gasteiger partial charge < -0.3 is 9.88 Å². The summed E-state index contributed by atoms with van der Waals surface area (Å²) >= 11 is 5.21. The Bertz CT molecular complexity index is 635. The lowest BCUT2D eigenvalue weighted by atomic mass is 10.3. The molecule has 5 heteroatoms. The maximum atomic E-state index is 12.1. The summed E-state index contributed by atoms with van der Waals surface area (Å²) in [5.74, 6) is -0.0139. The van der Waals surface area contributed by atoms with E-state index >= 15 is 0 Å². The Hall–Kier alpha value is -1.07. The van der Waals surface area contributed by atoms with E-state index < -0.39 is 0 Å². The number of amides is 1. The molecule has 0 saturated carbocycles. The van der Waals surface area contributed by atoms with E-state index in [1.165, 1.54) is 5.57 Å². The van der Waals surface area contributed by atoms with Crippen LogP contribution in [0.3, 0.4) is 0 Å². The van der Waals surface area contributed by atoms with Crippen LogP contribution >= 0.6 is 27.3 Å². The number of hydrogen-bond acceptors (Lipinski definition) is 2. The zero-order valence-electron chi connectivity index (χ0n) is 11.3. The molecule has 2 rings (SSSR count). The molecule has 1 N–H and O–H groups in total. The second-order valence-electron chi connectivity index (χ2n) is 4.58. The predicted octanol–water partition coefficient (Wildman–Crippen LogP) is 4.18. The van der Waals surface area contributed by atoms with Gasteiger partial charge in [-0.1, -0.05) is 11.6 Å². The van der Waals surface area contributed by atoms with E-state index in [4.69, 9.17) is 0 Å². The van der Waals surface area contributed by atoms with Gasteiger partial charge in [0, 0.05) is 18.5 Å². The molecular weight excluding hydrogens is 324 g/mol. The van der Waals surface area contributed by atoms with Gasteiger partial charge in [0.15, 0.2) is 0 Å². The van der Waals surface area contributed by atoms with Crippen LogP contribution in [0, 0.1) is 0 Å². The highest BCUT2D eigenvalue weighted by Gasteiger charge is 2.17. The number of fused-ring (bicyclic) bond motifs is 1. The third-order valence-corrected chi connectivity index (χ3v) is 4.66. The van der Waals surface area contributed by atoms with Crippen molar-refractivity contribution in [1.82, 2.24) is 9.88 Å². The highest BCUT2D eigenvalue weighted by molar-refractivity contribution is 9.10. The van der Waals surface area contributed by atoms with E-state index in [1.807, 2.05) is 13.0 Å². The molecule has 0 bridgehead atoms. The lowest BCUT2D eigenvalue weighted by molar-refractivity contribution is 0.0947. The molecule has 2 aromatic heterocycles. The summed E-state index contributed by atoms with van der Waals surface area (Å²) in [6.45, 7) is 7.42. The normalized spacial score (nSPS) is 10.7. The molecule has 0 saturated heterocycles. The van der Waals surface area contributed by atoms with Gasteiger partial charge >= 0.3 is 0 Å². The van der Waals surface area contributed by atoms with Crippen molar-refractivity contribution in [2.45, 2.75) is 27.3 Å². The van der Waals surface area contributed by atoms with Crippen LogP contribution in [0.5, 0.6) is 0 Å². The van der Waals surface area contributed by atoms with E-state index in [0.717, 1.165) is 20.4 Å². The van der Waals surface area contributed by atoms with Gasteiger partial charge in [0.1, 0.15) is 5.69 Å². The quantitative estimate of drug-likeness (QED) is 0.832. The Kier molecular flexibility index (Phi) is 4.47. The molecule has 1 amide bonds. The maximum absolute atomic E-state index is 12.1. The number of carbonyl (C=O) groups excluding carboxylic acids is 1. The Morgan fingerprint density at radius 1 is 1.53 bits per heavy atom. The molecule has 102 valence electrons. The number of nitrogens with one attached hydrogen (secondary N) is 1. The Morgan fingerprint density at radius 3 is 2.89 bits per heavy atom. The van der Waals surface area contributed by atoms with Crippen molar-refractivity contribution >= 4 is 43.4 Å². The predicted molar refractivity (Wildman–Crippen MR) is 85.0 cm³/mol. The van der Waals surface area contributed by atoms with Gasteiger partial charge in [-0.15, -0.1) is 11.3 Å². The van der Waals surface area contributed by atoms with Crippen molar-refractivity contribution < 1.29 is 4.79 Å². The Balaban J connectivity index is 2.53. The average molecular weight is 341 g/mol. The van der Waals surface area contributed by atoms with Crippen LogP contribution in [0.4, 0.5) is 0 Å². The molecule has 0 aliphatic heterocycles. The molecule has 0 atom stereocenters. The van der Waals surface area contributed by atoms with Crippen molar-refractivity contribution in [3.8, 4) is 0 Å². The van der Waals surface area contributed by atoms with Crippen molar-refractivity contribution in [2.24, 2.45) is 0 Å². The highest BCUT2D eigenvalue weighted by Crippen LogP contribution is 2.33. The zero-order chi connectivity index (χ0) is 14.0. The summed E-state index contributed by atoms with van der Waals surface area (Å²) in [5, 5.41) is 4.93.